The number of aromatic amines is 1. The molecule has 0 aliphatic heterocycles. The lowest BCUT2D eigenvalue weighted by atomic mass is 10.2. The quantitative estimate of drug-likeness (QED) is 0.670. The molecule has 0 fully saturated rings. The van der Waals surface area contributed by atoms with Crippen molar-refractivity contribution in [3.63, 3.8) is 0 Å². The predicted octanol–water partition coefficient (Wildman–Crippen LogP) is 2.14. The molecule has 0 saturated carbocycles. The van der Waals surface area contributed by atoms with Gasteiger partial charge >= 0.3 is 0 Å². The molecule has 0 spiro atoms. The van der Waals surface area contributed by atoms with Crippen LogP contribution in [0, 0.1) is 0 Å². The van der Waals surface area contributed by atoms with Crippen LogP contribution in [0.3, 0.4) is 0 Å². The van der Waals surface area contributed by atoms with Gasteiger partial charge in [0.25, 0.3) is 0 Å². The molecule has 2 aromatic heterocycles. The third-order valence-electron chi connectivity index (χ3n) is 3.18. The molecule has 0 radical (unpaired) electrons. The average molecular weight is 309 g/mol. The van der Waals surface area contributed by atoms with Crippen LogP contribution >= 0.6 is 0 Å². The Morgan fingerprint density at radius 1 is 1.22 bits per heavy atom. The monoisotopic (exact) mass is 309 g/mol. The van der Waals surface area contributed by atoms with Gasteiger partial charge in [0.1, 0.15) is 11.6 Å². The number of benzene rings is 1. The van der Waals surface area contributed by atoms with E-state index in [1.807, 2.05) is 0 Å². The summed E-state index contributed by atoms with van der Waals surface area (Å²) < 4.78 is 0. The van der Waals surface area contributed by atoms with E-state index in [4.69, 9.17) is 0 Å². The summed E-state index contributed by atoms with van der Waals surface area (Å²) in [5.41, 5.74) is 1.24. The first-order chi connectivity index (χ1) is 11.2. The molecular weight excluding hydrogens is 294 g/mol. The number of imidazole rings is 1. The molecule has 0 unspecified atom stereocenters. The second-order valence-electron chi connectivity index (χ2n) is 4.93. The minimum Gasteiger partial charge on any atom is -0.508 e. The van der Waals surface area contributed by atoms with Crippen LogP contribution in [-0.4, -0.2) is 30.9 Å². The van der Waals surface area contributed by atoms with Crippen LogP contribution in [0.25, 0.3) is 11.4 Å². The van der Waals surface area contributed by atoms with Gasteiger partial charge in [-0.1, -0.05) is 12.1 Å². The molecule has 116 valence electrons. The number of H-pyrrole nitrogens is 1. The number of phenols is 1. The smallest absolute Gasteiger partial charge is 0.224 e. The topological polar surface area (TPSA) is 104 Å². The number of aromatic nitrogens is 4. The van der Waals surface area contributed by atoms with Gasteiger partial charge < -0.3 is 15.4 Å². The van der Waals surface area contributed by atoms with Gasteiger partial charge in [0.15, 0.2) is 5.82 Å². The first-order valence-electron chi connectivity index (χ1n) is 7.10. The van der Waals surface area contributed by atoms with Gasteiger partial charge in [-0.25, -0.2) is 15.0 Å². The average Bonchev–Trinajstić information content (AvgIpc) is 3.07. The van der Waals surface area contributed by atoms with Crippen molar-refractivity contribution in [2.45, 2.75) is 12.8 Å². The van der Waals surface area contributed by atoms with E-state index in [2.05, 4.69) is 25.3 Å². The van der Waals surface area contributed by atoms with Crippen LogP contribution in [0.5, 0.6) is 5.75 Å². The van der Waals surface area contributed by atoms with Crippen molar-refractivity contribution in [1.82, 2.24) is 19.9 Å². The highest BCUT2D eigenvalue weighted by molar-refractivity contribution is 5.90. The normalized spacial score (nSPS) is 10.4. The number of nitrogens with one attached hydrogen (secondary N) is 2. The number of rotatable bonds is 5. The Morgan fingerprint density at radius 3 is 2.74 bits per heavy atom. The molecule has 7 heteroatoms. The molecule has 2 heterocycles. The predicted molar refractivity (Wildman–Crippen MR) is 84.7 cm³/mol. The van der Waals surface area contributed by atoms with E-state index in [1.54, 1.807) is 36.7 Å². The summed E-state index contributed by atoms with van der Waals surface area (Å²) in [5, 5.41) is 12.2. The lowest BCUT2D eigenvalue weighted by molar-refractivity contribution is -0.116. The summed E-state index contributed by atoms with van der Waals surface area (Å²) in [6.45, 7) is 0. The van der Waals surface area contributed by atoms with Gasteiger partial charge in [-0.3, -0.25) is 4.79 Å². The molecular formula is C16H15N5O2. The largest absolute Gasteiger partial charge is 0.508 e. The van der Waals surface area contributed by atoms with Gasteiger partial charge in [0.05, 0.1) is 18.1 Å². The first kappa shape index (κ1) is 14.7. The molecule has 1 amide bonds. The Morgan fingerprint density at radius 2 is 2.04 bits per heavy atom. The fourth-order valence-corrected chi connectivity index (χ4v) is 2.08. The summed E-state index contributed by atoms with van der Waals surface area (Å²) in [4.78, 5) is 27.3. The third kappa shape index (κ3) is 3.91. The van der Waals surface area contributed by atoms with Gasteiger partial charge in [-0.2, -0.15) is 0 Å². The Balaban J connectivity index is 1.60. The van der Waals surface area contributed by atoms with Crippen molar-refractivity contribution < 1.29 is 9.90 Å². The fourth-order valence-electron chi connectivity index (χ4n) is 2.08. The Bertz CT molecular complexity index is 784. The van der Waals surface area contributed by atoms with Gasteiger partial charge in [0, 0.05) is 30.8 Å². The maximum Gasteiger partial charge on any atom is 0.224 e. The van der Waals surface area contributed by atoms with E-state index in [-0.39, 0.29) is 11.7 Å². The molecule has 7 nitrogen and oxygen atoms in total. The number of carbonyl (C=O) groups is 1. The fraction of sp³-hybridized carbons (Fsp3) is 0.125. The standard InChI is InChI=1S/C16H15N5O2/c22-13-3-1-2-11(8-13)16-19-9-12(10-20-16)21-15(23)5-4-14-17-6-7-18-14/h1-3,6-10,22H,4-5H2,(H,17,18)(H,21,23). The van der Waals surface area contributed by atoms with Gasteiger partial charge in [0.2, 0.25) is 5.91 Å². The molecule has 0 aliphatic carbocycles. The number of hydrogen-bond donors (Lipinski definition) is 3. The number of carbonyl (C=O) groups excluding carboxylic acids is 1. The molecule has 0 bridgehead atoms. The van der Waals surface area contributed by atoms with Crippen molar-refractivity contribution in [2.75, 3.05) is 5.32 Å². The summed E-state index contributed by atoms with van der Waals surface area (Å²) in [5.74, 6) is 1.28. The SMILES string of the molecule is O=C(CCc1ncc[nH]1)Nc1cnc(-c2cccc(O)c2)nc1. The number of nitrogens with zero attached hydrogens (tertiary/aromatic N) is 3. The highest BCUT2D eigenvalue weighted by Crippen LogP contribution is 2.20. The van der Waals surface area contributed by atoms with Crippen LogP contribution in [0.15, 0.2) is 49.1 Å². The van der Waals surface area contributed by atoms with E-state index in [9.17, 15) is 9.90 Å². The van der Waals surface area contributed by atoms with E-state index < -0.39 is 0 Å². The van der Waals surface area contributed by atoms with Crippen LogP contribution in [0.2, 0.25) is 0 Å². The number of phenolic OH excluding ortho intramolecular Hbond substituents is 1. The Kier molecular flexibility index (Phi) is 4.28. The maximum atomic E-state index is 11.9. The minimum absolute atomic E-state index is 0.130. The van der Waals surface area contributed by atoms with Gasteiger partial charge in [-0.05, 0) is 12.1 Å². The van der Waals surface area contributed by atoms with E-state index in [1.165, 1.54) is 12.4 Å². The van der Waals surface area contributed by atoms with Crippen LogP contribution in [-0.2, 0) is 11.2 Å². The second kappa shape index (κ2) is 6.69. The van der Waals surface area contributed by atoms with Crippen molar-refractivity contribution in [2.24, 2.45) is 0 Å². The molecule has 0 saturated heterocycles. The van der Waals surface area contributed by atoms with Crippen molar-refractivity contribution in [3.8, 4) is 17.1 Å². The lowest BCUT2D eigenvalue weighted by Gasteiger charge is -2.05. The van der Waals surface area contributed by atoms with Crippen LogP contribution < -0.4 is 5.32 Å². The lowest BCUT2D eigenvalue weighted by Crippen LogP contribution is -2.13. The molecule has 3 rings (SSSR count). The van der Waals surface area contributed by atoms with Crippen molar-refractivity contribution in [1.29, 1.82) is 0 Å². The van der Waals surface area contributed by atoms with Crippen LogP contribution in [0.1, 0.15) is 12.2 Å². The van der Waals surface area contributed by atoms with E-state index in [0.29, 0.717) is 29.9 Å². The zero-order valence-electron chi connectivity index (χ0n) is 12.2. The molecule has 0 atom stereocenters. The summed E-state index contributed by atoms with van der Waals surface area (Å²) in [7, 11) is 0. The zero-order valence-corrected chi connectivity index (χ0v) is 12.2. The molecule has 3 aromatic rings. The number of anilines is 1. The minimum atomic E-state index is -0.130. The molecule has 0 aliphatic rings. The van der Waals surface area contributed by atoms with E-state index in [0.717, 1.165) is 5.82 Å². The number of amides is 1. The number of aromatic hydroxyl groups is 1. The first-order valence-corrected chi connectivity index (χ1v) is 7.10. The zero-order chi connectivity index (χ0) is 16.1. The third-order valence-corrected chi connectivity index (χ3v) is 3.18. The summed E-state index contributed by atoms with van der Waals surface area (Å²) in [6, 6.07) is 6.68. The molecule has 3 N–H and O–H groups in total. The number of hydrogen-bond acceptors (Lipinski definition) is 5. The van der Waals surface area contributed by atoms with Crippen LogP contribution in [0.4, 0.5) is 5.69 Å². The van der Waals surface area contributed by atoms with Crippen molar-refractivity contribution in [3.05, 3.63) is 54.9 Å². The highest BCUT2D eigenvalue weighted by atomic mass is 16.3. The molecule has 23 heavy (non-hydrogen) atoms. The second-order valence-corrected chi connectivity index (χ2v) is 4.93. The van der Waals surface area contributed by atoms with Gasteiger partial charge in [-0.15, -0.1) is 0 Å². The maximum absolute atomic E-state index is 11.9. The highest BCUT2D eigenvalue weighted by Gasteiger charge is 2.06. The molecule has 1 aromatic carbocycles. The van der Waals surface area contributed by atoms with Crippen molar-refractivity contribution >= 4 is 11.6 Å². The Labute approximate surface area is 132 Å². The summed E-state index contributed by atoms with van der Waals surface area (Å²) in [6.07, 6.45) is 7.32. The summed E-state index contributed by atoms with van der Waals surface area (Å²) >= 11 is 0. The van der Waals surface area contributed by atoms with E-state index >= 15 is 0 Å². The Hall–Kier alpha value is -3.22. The number of aryl methyl sites for hydroxylation is 1.